The summed E-state index contributed by atoms with van der Waals surface area (Å²) in [5, 5.41) is 16.2. The molecule has 3 N–H and O–H groups in total. The third-order valence-corrected chi connectivity index (χ3v) is 2.67. The average molecular weight is 323 g/mol. The summed E-state index contributed by atoms with van der Waals surface area (Å²) < 4.78 is 13.5. The van der Waals surface area contributed by atoms with Crippen LogP contribution in [0.5, 0.6) is 0 Å². The molecule has 2 atom stereocenters. The van der Waals surface area contributed by atoms with Gasteiger partial charge in [-0.25, -0.2) is 4.39 Å². The van der Waals surface area contributed by atoms with Crippen LogP contribution in [0.1, 0.15) is 11.7 Å². The number of hydrogen-bond acceptors (Lipinski definition) is 3. The van der Waals surface area contributed by atoms with Crippen LogP contribution in [0, 0.1) is 3.57 Å². The van der Waals surface area contributed by atoms with Gasteiger partial charge in [-0.05, 0) is 40.3 Å². The summed E-state index contributed by atoms with van der Waals surface area (Å²) in [4.78, 5) is 0. The van der Waals surface area contributed by atoms with Crippen LogP contribution in [0.2, 0.25) is 0 Å². The van der Waals surface area contributed by atoms with Gasteiger partial charge < -0.3 is 10.9 Å². The average Bonchev–Trinajstić information content (AvgIpc) is 2.26. The highest BCUT2D eigenvalue weighted by molar-refractivity contribution is 14.1. The third-order valence-electron chi connectivity index (χ3n) is 1.95. The van der Waals surface area contributed by atoms with E-state index in [1.807, 2.05) is 12.1 Å². The van der Waals surface area contributed by atoms with Crippen LogP contribution in [-0.4, -0.2) is 17.8 Å². The van der Waals surface area contributed by atoms with Crippen molar-refractivity contribution in [1.82, 2.24) is 0 Å². The molecule has 0 amide bonds. The van der Waals surface area contributed by atoms with E-state index in [1.165, 1.54) is 0 Å². The summed E-state index contributed by atoms with van der Waals surface area (Å²) in [6.45, 7) is -0.798. The lowest BCUT2D eigenvalue weighted by Gasteiger charge is -2.15. The number of nitrogens with two attached hydrogens (primary N) is 1. The maximum atomic E-state index is 12.5. The summed E-state index contributed by atoms with van der Waals surface area (Å²) in [7, 11) is 0. The van der Waals surface area contributed by atoms with Crippen molar-refractivity contribution in [3.63, 3.8) is 0 Å². The molecule has 0 aliphatic heterocycles. The van der Waals surface area contributed by atoms with E-state index < -0.39 is 18.8 Å². The number of aliphatic hydroxyl groups excluding tert-OH is 1. The third kappa shape index (κ3) is 3.38. The van der Waals surface area contributed by atoms with Gasteiger partial charge in [0.2, 0.25) is 0 Å². The molecule has 0 bridgehead atoms. The van der Waals surface area contributed by atoms with Crippen LogP contribution in [0.25, 0.3) is 0 Å². The lowest BCUT2D eigenvalue weighted by molar-refractivity contribution is 0.130. The molecule has 0 aliphatic rings. The maximum Gasteiger partial charge on any atom is 0.131 e. The minimum Gasteiger partial charge on any atom is -0.386 e. The number of rotatable bonds is 4. The first kappa shape index (κ1) is 12.3. The molecular formula is C9H11FIN3O. The first-order chi connectivity index (χ1) is 7.19. The van der Waals surface area contributed by atoms with Crippen LogP contribution in [0.4, 0.5) is 4.39 Å². The first-order valence-corrected chi connectivity index (χ1v) is 5.36. The van der Waals surface area contributed by atoms with Crippen molar-refractivity contribution < 1.29 is 9.50 Å². The van der Waals surface area contributed by atoms with Crippen molar-refractivity contribution in [3.05, 3.63) is 33.4 Å². The van der Waals surface area contributed by atoms with E-state index in [1.54, 1.807) is 12.1 Å². The number of aliphatic hydroxyl groups is 1. The zero-order valence-electron chi connectivity index (χ0n) is 7.85. The molecule has 0 aromatic heterocycles. The molecule has 1 aromatic rings. The standard InChI is InChI=1S/C9H11FIN3O/c10-5-8(13-14-12)9(15)6-1-3-7(11)4-2-6/h1-4,8-9,15H,5H2,(H2,12,13)/t8-,9-/m1/s1. The molecule has 15 heavy (non-hydrogen) atoms. The quantitative estimate of drug-likeness (QED) is 0.385. The highest BCUT2D eigenvalue weighted by Crippen LogP contribution is 2.20. The molecule has 0 aliphatic carbocycles. The number of benzene rings is 1. The highest BCUT2D eigenvalue weighted by Gasteiger charge is 2.20. The monoisotopic (exact) mass is 323 g/mol. The van der Waals surface area contributed by atoms with Crippen LogP contribution >= 0.6 is 22.6 Å². The number of halogens is 2. The Hall–Kier alpha value is -0.760. The van der Waals surface area contributed by atoms with Gasteiger partial charge in [0, 0.05) is 3.57 Å². The van der Waals surface area contributed by atoms with E-state index in [-0.39, 0.29) is 0 Å². The molecule has 1 rings (SSSR count). The lowest BCUT2D eigenvalue weighted by atomic mass is 10.0. The Morgan fingerprint density at radius 3 is 2.47 bits per heavy atom. The Kier molecular flexibility index (Phi) is 4.89. The Morgan fingerprint density at radius 1 is 1.40 bits per heavy atom. The minimum absolute atomic E-state index is 0.602. The summed E-state index contributed by atoms with van der Waals surface area (Å²) in [6.07, 6.45) is -1.01. The molecule has 0 saturated carbocycles. The van der Waals surface area contributed by atoms with E-state index in [0.29, 0.717) is 5.56 Å². The smallest absolute Gasteiger partial charge is 0.131 e. The number of nitrogens with zero attached hydrogens (tertiary/aromatic N) is 2. The van der Waals surface area contributed by atoms with Gasteiger partial charge in [-0.1, -0.05) is 17.4 Å². The largest absolute Gasteiger partial charge is 0.386 e. The fraction of sp³-hybridized carbons (Fsp3) is 0.333. The Labute approximate surface area is 101 Å². The van der Waals surface area contributed by atoms with Gasteiger partial charge in [0.15, 0.2) is 0 Å². The summed E-state index contributed by atoms with van der Waals surface area (Å²) in [5.41, 5.74) is 0.602. The van der Waals surface area contributed by atoms with Crippen molar-refractivity contribution in [3.8, 4) is 0 Å². The van der Waals surface area contributed by atoms with Crippen molar-refractivity contribution in [2.75, 3.05) is 6.67 Å². The molecule has 0 spiro atoms. The van der Waals surface area contributed by atoms with E-state index >= 15 is 0 Å². The van der Waals surface area contributed by atoms with Gasteiger partial charge in [0.05, 0.1) is 0 Å². The van der Waals surface area contributed by atoms with Gasteiger partial charge in [0.1, 0.15) is 18.8 Å². The minimum atomic E-state index is -1.01. The molecule has 0 unspecified atom stereocenters. The van der Waals surface area contributed by atoms with Gasteiger partial charge in [-0.2, -0.15) is 5.11 Å². The van der Waals surface area contributed by atoms with Crippen molar-refractivity contribution in [1.29, 1.82) is 0 Å². The molecule has 0 fully saturated rings. The second-order valence-electron chi connectivity index (χ2n) is 2.95. The summed E-state index contributed by atoms with van der Waals surface area (Å²) >= 11 is 2.15. The number of alkyl halides is 1. The zero-order chi connectivity index (χ0) is 11.3. The fourth-order valence-corrected chi connectivity index (χ4v) is 1.51. The predicted molar refractivity (Wildman–Crippen MR) is 62.9 cm³/mol. The molecule has 0 saturated heterocycles. The van der Waals surface area contributed by atoms with Crippen molar-refractivity contribution in [2.24, 2.45) is 16.2 Å². The topological polar surface area (TPSA) is 71.0 Å². The molecule has 82 valence electrons. The van der Waals surface area contributed by atoms with Crippen molar-refractivity contribution >= 4 is 22.6 Å². The zero-order valence-corrected chi connectivity index (χ0v) is 10.0. The molecule has 6 heteroatoms. The molecule has 0 heterocycles. The normalized spacial score (nSPS) is 15.4. The van der Waals surface area contributed by atoms with Crippen LogP contribution in [0.3, 0.4) is 0 Å². The van der Waals surface area contributed by atoms with Gasteiger partial charge in [-0.3, -0.25) is 0 Å². The van der Waals surface area contributed by atoms with E-state index in [2.05, 4.69) is 32.9 Å². The van der Waals surface area contributed by atoms with E-state index in [9.17, 15) is 9.50 Å². The molecule has 1 aromatic carbocycles. The maximum absolute atomic E-state index is 12.5. The predicted octanol–water partition coefficient (Wildman–Crippen LogP) is 1.99. The van der Waals surface area contributed by atoms with Crippen molar-refractivity contribution in [2.45, 2.75) is 12.1 Å². The molecule has 0 radical (unpaired) electrons. The Balaban J connectivity index is 2.82. The van der Waals surface area contributed by atoms with Crippen LogP contribution in [-0.2, 0) is 0 Å². The SMILES string of the molecule is NN=N[C@H](CF)[C@H](O)c1ccc(I)cc1. The Bertz CT molecular complexity index is 331. The summed E-state index contributed by atoms with van der Waals surface area (Å²) in [6, 6.07) is 6.17. The summed E-state index contributed by atoms with van der Waals surface area (Å²) in [5.74, 6) is 4.82. The fourth-order valence-electron chi connectivity index (χ4n) is 1.15. The first-order valence-electron chi connectivity index (χ1n) is 4.28. The van der Waals surface area contributed by atoms with Gasteiger partial charge in [-0.15, -0.1) is 0 Å². The van der Waals surface area contributed by atoms with Crippen LogP contribution in [0.15, 0.2) is 34.6 Å². The molecule has 4 nitrogen and oxygen atoms in total. The lowest BCUT2D eigenvalue weighted by Crippen LogP contribution is -2.18. The van der Waals surface area contributed by atoms with Gasteiger partial charge in [0.25, 0.3) is 0 Å². The number of hydrogen-bond donors (Lipinski definition) is 2. The van der Waals surface area contributed by atoms with E-state index in [0.717, 1.165) is 3.57 Å². The Morgan fingerprint density at radius 2 is 2.00 bits per heavy atom. The second kappa shape index (κ2) is 5.96. The highest BCUT2D eigenvalue weighted by atomic mass is 127. The second-order valence-corrected chi connectivity index (χ2v) is 4.19. The van der Waals surface area contributed by atoms with Crippen LogP contribution < -0.4 is 5.84 Å². The molecular weight excluding hydrogens is 312 g/mol. The van der Waals surface area contributed by atoms with Gasteiger partial charge >= 0.3 is 0 Å². The van der Waals surface area contributed by atoms with E-state index in [4.69, 9.17) is 5.84 Å².